The maximum Gasteiger partial charge on any atom is 0.262 e. The Bertz CT molecular complexity index is 2970. The second kappa shape index (κ2) is 17.5. The average molecular weight is 952 g/mol. The molecule has 5 aliphatic rings. The standard InChI is InChI=1S/C46H47ClFN11O7S/c1-67(65,66)58-18-12-27-3-2-4-36(40(27)58)51-41-34(47)25-49-46(53-41)50-29-5-8-37(35(48)23-29)55-16-13-30(14-17-55)54-19-21-56(22-20-54)43(62)28-11-15-57(26-28)31-6-7-32-33(24-31)45(64)59(44(32)63)38-9-10-39(60)52-42(38)61/h2-8,12,18,23-25,28,30,38H,9-11,13-17,19-22,26H2,1H3,(H,52,60,61)(H2,49,50,51,53)/t28-,38?/m0/s1. The van der Waals surface area contributed by atoms with Gasteiger partial charge in [0.25, 0.3) is 11.8 Å². The molecule has 18 nitrogen and oxygen atoms in total. The van der Waals surface area contributed by atoms with Crippen molar-refractivity contribution in [3.8, 4) is 0 Å². The normalized spacial score (nSPS) is 20.8. The van der Waals surface area contributed by atoms with E-state index in [1.807, 2.05) is 4.90 Å². The van der Waals surface area contributed by atoms with Gasteiger partial charge < -0.3 is 25.3 Å². The van der Waals surface area contributed by atoms with Crippen molar-refractivity contribution >= 4 is 96.6 Å². The number of nitrogens with one attached hydrogen (secondary N) is 3. The Kier molecular flexibility index (Phi) is 11.6. The third-order valence-electron chi connectivity index (χ3n) is 13.5. The van der Waals surface area contributed by atoms with Crippen molar-refractivity contribution in [2.75, 3.05) is 79.0 Å². The largest absolute Gasteiger partial charge is 0.371 e. The summed E-state index contributed by atoms with van der Waals surface area (Å²) in [6, 6.07) is 16.3. The second-order valence-corrected chi connectivity index (χ2v) is 19.9. The summed E-state index contributed by atoms with van der Waals surface area (Å²) in [4.78, 5) is 82.7. The van der Waals surface area contributed by atoms with Crippen molar-refractivity contribution in [2.45, 2.75) is 44.2 Å². The van der Waals surface area contributed by atoms with E-state index in [4.69, 9.17) is 11.6 Å². The van der Waals surface area contributed by atoms with Gasteiger partial charge in [-0.15, -0.1) is 0 Å². The summed E-state index contributed by atoms with van der Waals surface area (Å²) in [6.07, 6.45) is 6.51. The minimum Gasteiger partial charge on any atom is -0.371 e. The molecule has 0 saturated carbocycles. The number of nitrogens with zero attached hydrogens (tertiary/aromatic N) is 8. The van der Waals surface area contributed by atoms with Crippen LogP contribution in [0.3, 0.4) is 0 Å². The minimum atomic E-state index is -3.58. The van der Waals surface area contributed by atoms with Crippen LogP contribution in [-0.4, -0.2) is 137 Å². The molecule has 5 aliphatic heterocycles. The van der Waals surface area contributed by atoms with Crippen molar-refractivity contribution in [3.05, 3.63) is 95.0 Å². The van der Waals surface area contributed by atoms with E-state index in [0.717, 1.165) is 42.8 Å². The van der Waals surface area contributed by atoms with Gasteiger partial charge >= 0.3 is 0 Å². The zero-order valence-corrected chi connectivity index (χ0v) is 38.0. The fourth-order valence-corrected chi connectivity index (χ4v) is 11.0. The number of imide groups is 2. The number of hydrogen-bond donors (Lipinski definition) is 3. The number of benzene rings is 3. The first kappa shape index (κ1) is 44.2. The fraction of sp³-hybridized carbons (Fsp3) is 0.370. The maximum absolute atomic E-state index is 15.7. The van der Waals surface area contributed by atoms with Gasteiger partial charge in [-0.05, 0) is 74.2 Å². The number of rotatable bonds is 10. The summed E-state index contributed by atoms with van der Waals surface area (Å²) in [5, 5.41) is 9.32. The first-order valence-electron chi connectivity index (χ1n) is 22.3. The van der Waals surface area contributed by atoms with E-state index in [0.29, 0.717) is 79.7 Å². The van der Waals surface area contributed by atoms with E-state index in [1.54, 1.807) is 54.6 Å². The first-order chi connectivity index (χ1) is 32.2. The maximum atomic E-state index is 15.7. The van der Waals surface area contributed by atoms with Gasteiger partial charge in [0, 0.05) is 87.8 Å². The molecule has 3 aromatic carbocycles. The molecule has 4 saturated heterocycles. The van der Waals surface area contributed by atoms with Gasteiger partial charge in [-0.25, -0.2) is 21.8 Å². The number of piperidine rings is 2. The highest BCUT2D eigenvalue weighted by Gasteiger charge is 2.45. The van der Waals surface area contributed by atoms with Crippen LogP contribution in [0.4, 0.5) is 38.9 Å². The van der Waals surface area contributed by atoms with Crippen LogP contribution in [0.25, 0.3) is 10.9 Å². The van der Waals surface area contributed by atoms with Crippen LogP contribution in [0.15, 0.2) is 73.1 Å². The van der Waals surface area contributed by atoms with Gasteiger partial charge in [0.1, 0.15) is 16.9 Å². The summed E-state index contributed by atoms with van der Waals surface area (Å²) in [7, 11) is -3.58. The molecule has 1 unspecified atom stereocenters. The summed E-state index contributed by atoms with van der Waals surface area (Å²) in [5.74, 6) is -2.28. The molecule has 348 valence electrons. The van der Waals surface area contributed by atoms with E-state index in [-0.39, 0.29) is 52.6 Å². The monoisotopic (exact) mass is 951 g/mol. The summed E-state index contributed by atoms with van der Waals surface area (Å²) < 4.78 is 41.8. The summed E-state index contributed by atoms with van der Waals surface area (Å²) >= 11 is 6.45. The number of fused-ring (bicyclic) bond motifs is 2. The van der Waals surface area contributed by atoms with Crippen molar-refractivity contribution in [1.82, 2.24) is 34.0 Å². The Morgan fingerprint density at radius 3 is 2.36 bits per heavy atom. The molecule has 10 rings (SSSR count). The molecular weight excluding hydrogens is 905 g/mol. The molecule has 2 aromatic heterocycles. The highest BCUT2D eigenvalue weighted by molar-refractivity contribution is 7.89. The predicted octanol–water partition coefficient (Wildman–Crippen LogP) is 4.56. The molecular formula is C46H47ClFN11O7S. The van der Waals surface area contributed by atoms with Crippen LogP contribution < -0.4 is 25.8 Å². The summed E-state index contributed by atoms with van der Waals surface area (Å²) in [6.45, 7) is 5.19. The summed E-state index contributed by atoms with van der Waals surface area (Å²) in [5.41, 5.74) is 3.03. The van der Waals surface area contributed by atoms with Crippen LogP contribution in [-0.2, 0) is 24.4 Å². The smallest absolute Gasteiger partial charge is 0.262 e. The Morgan fingerprint density at radius 1 is 0.851 bits per heavy atom. The van der Waals surface area contributed by atoms with Crippen molar-refractivity contribution in [1.29, 1.82) is 0 Å². The number of halogens is 2. The number of aromatic nitrogens is 3. The van der Waals surface area contributed by atoms with Crippen LogP contribution in [0.5, 0.6) is 0 Å². The molecule has 7 heterocycles. The number of anilines is 6. The molecule has 67 heavy (non-hydrogen) atoms. The fourth-order valence-electron chi connectivity index (χ4n) is 10.0. The molecule has 4 fully saturated rings. The number of para-hydroxylation sites is 1. The molecule has 3 N–H and O–H groups in total. The Balaban J connectivity index is 0.700. The van der Waals surface area contributed by atoms with Crippen molar-refractivity contribution in [3.63, 3.8) is 0 Å². The number of carbonyl (C=O) groups is 5. The lowest BCUT2D eigenvalue weighted by Gasteiger charge is -2.43. The minimum absolute atomic E-state index is 0.0498. The van der Waals surface area contributed by atoms with Gasteiger partial charge in [0.05, 0.1) is 46.4 Å². The van der Waals surface area contributed by atoms with E-state index in [9.17, 15) is 32.4 Å². The van der Waals surface area contributed by atoms with Crippen LogP contribution >= 0.6 is 11.6 Å². The first-order valence-corrected chi connectivity index (χ1v) is 24.5. The molecule has 0 radical (unpaired) electrons. The molecule has 0 spiro atoms. The lowest BCUT2D eigenvalue weighted by atomic mass is 10.0. The number of hydrogen-bond acceptors (Lipinski definition) is 14. The topological polar surface area (TPSA) is 202 Å². The van der Waals surface area contributed by atoms with Crippen LogP contribution in [0, 0.1) is 11.7 Å². The zero-order chi connectivity index (χ0) is 46.7. The van der Waals surface area contributed by atoms with E-state index < -0.39 is 45.5 Å². The predicted molar refractivity (Wildman–Crippen MR) is 249 cm³/mol. The second-order valence-electron chi connectivity index (χ2n) is 17.6. The third kappa shape index (κ3) is 8.52. The van der Waals surface area contributed by atoms with Crippen LogP contribution in [0.1, 0.15) is 52.8 Å². The Labute approximate surface area is 390 Å². The highest BCUT2D eigenvalue weighted by atomic mass is 35.5. The van der Waals surface area contributed by atoms with Gasteiger partial charge in [0.15, 0.2) is 5.82 Å². The van der Waals surface area contributed by atoms with Crippen molar-refractivity contribution < 1.29 is 36.8 Å². The highest BCUT2D eigenvalue weighted by Crippen LogP contribution is 2.35. The van der Waals surface area contributed by atoms with E-state index >= 15 is 4.39 Å². The molecule has 0 bridgehead atoms. The lowest BCUT2D eigenvalue weighted by molar-refractivity contribution is -0.137. The number of piperazine rings is 1. The Morgan fingerprint density at radius 2 is 1.61 bits per heavy atom. The van der Waals surface area contributed by atoms with Crippen molar-refractivity contribution in [2.24, 2.45) is 5.92 Å². The van der Waals surface area contributed by atoms with E-state index in [1.165, 1.54) is 22.4 Å². The lowest BCUT2D eigenvalue weighted by Crippen LogP contribution is -2.55. The molecule has 2 atom stereocenters. The van der Waals surface area contributed by atoms with Gasteiger partial charge in [-0.1, -0.05) is 23.7 Å². The van der Waals surface area contributed by atoms with Gasteiger partial charge in [0.2, 0.25) is 33.7 Å². The van der Waals surface area contributed by atoms with Gasteiger partial charge in [-0.3, -0.25) is 39.1 Å². The SMILES string of the molecule is CS(=O)(=O)n1ccc2cccc(Nc3nc(Nc4ccc(N5CCC(N6CCN(C(=O)[C@H]7CCN(c8ccc9c(c8)C(=O)N(C8CCC(=O)NC8=O)C9=O)C7)CC6)CC5)c(F)c4)ncc3Cl)c21. The van der Waals surface area contributed by atoms with E-state index in [2.05, 4.69) is 40.6 Å². The molecule has 21 heteroatoms. The molecule has 0 aliphatic carbocycles. The number of amides is 5. The number of carbonyl (C=O) groups excluding carboxylic acids is 5. The zero-order valence-electron chi connectivity index (χ0n) is 36.5. The Hall–Kier alpha value is -6.64. The third-order valence-corrected chi connectivity index (χ3v) is 14.8. The van der Waals surface area contributed by atoms with Gasteiger partial charge in [-0.2, -0.15) is 4.98 Å². The van der Waals surface area contributed by atoms with Crippen LogP contribution in [0.2, 0.25) is 5.02 Å². The average Bonchev–Trinajstić information content (AvgIpc) is 4.05. The quantitative estimate of drug-likeness (QED) is 0.165. The molecule has 5 amide bonds. The molecule has 5 aromatic rings.